The summed E-state index contributed by atoms with van der Waals surface area (Å²) in [7, 11) is 0. The number of rotatable bonds is 12. The molecule has 0 spiro atoms. The van der Waals surface area contributed by atoms with Crippen molar-refractivity contribution in [3.8, 4) is 11.8 Å². The molecule has 2 atom stereocenters. The predicted octanol–water partition coefficient (Wildman–Crippen LogP) is 7.36. The van der Waals surface area contributed by atoms with E-state index in [-0.39, 0.29) is 30.8 Å². The number of nitriles is 1. The van der Waals surface area contributed by atoms with Crippen molar-refractivity contribution in [3.63, 3.8) is 0 Å². The van der Waals surface area contributed by atoms with Gasteiger partial charge in [-0.1, -0.05) is 65.1 Å². The lowest BCUT2D eigenvalue weighted by Crippen LogP contribution is -2.26. The zero-order valence-corrected chi connectivity index (χ0v) is 23.7. The molecule has 0 saturated carbocycles. The van der Waals surface area contributed by atoms with Gasteiger partial charge in [0.25, 0.3) is 5.91 Å². The van der Waals surface area contributed by atoms with Gasteiger partial charge >= 0.3 is 5.97 Å². The molecular formula is C30H30BrClN2O4. The molecule has 0 saturated heterocycles. The van der Waals surface area contributed by atoms with Crippen LogP contribution >= 0.6 is 27.5 Å². The van der Waals surface area contributed by atoms with Gasteiger partial charge in [-0.15, -0.1) is 0 Å². The average molecular weight is 598 g/mol. The SMILES string of the molecule is CCC[C@H](c1ccc(C(=O)NCCC(=O)OCC)cc1)[C@@H](Oc1ccc(Br)cc1C#N)c1ccc(Cl)cc1. The molecule has 3 aromatic rings. The van der Waals surface area contributed by atoms with Crippen molar-refractivity contribution < 1.29 is 19.1 Å². The van der Waals surface area contributed by atoms with E-state index in [1.807, 2.05) is 42.5 Å². The lowest BCUT2D eigenvalue weighted by Gasteiger charge is -2.29. The zero-order valence-electron chi connectivity index (χ0n) is 21.4. The Morgan fingerprint density at radius 1 is 1.03 bits per heavy atom. The molecule has 0 aromatic heterocycles. The highest BCUT2D eigenvalue weighted by Gasteiger charge is 2.27. The van der Waals surface area contributed by atoms with Crippen molar-refractivity contribution >= 4 is 39.4 Å². The van der Waals surface area contributed by atoms with E-state index >= 15 is 0 Å². The first kappa shape index (κ1) is 29.2. The van der Waals surface area contributed by atoms with E-state index < -0.39 is 6.10 Å². The maximum Gasteiger partial charge on any atom is 0.307 e. The van der Waals surface area contributed by atoms with Crippen molar-refractivity contribution in [1.82, 2.24) is 5.32 Å². The van der Waals surface area contributed by atoms with Crippen molar-refractivity contribution in [2.45, 2.75) is 45.1 Å². The smallest absolute Gasteiger partial charge is 0.307 e. The number of amides is 1. The third kappa shape index (κ3) is 8.08. The van der Waals surface area contributed by atoms with Crippen LogP contribution in [-0.2, 0) is 9.53 Å². The highest BCUT2D eigenvalue weighted by molar-refractivity contribution is 9.10. The van der Waals surface area contributed by atoms with Crippen LogP contribution in [0.3, 0.4) is 0 Å². The normalized spacial score (nSPS) is 12.2. The molecule has 0 bridgehead atoms. The van der Waals surface area contributed by atoms with E-state index in [1.165, 1.54) is 0 Å². The lowest BCUT2D eigenvalue weighted by molar-refractivity contribution is -0.142. The Morgan fingerprint density at radius 2 is 1.71 bits per heavy atom. The van der Waals surface area contributed by atoms with Gasteiger partial charge in [-0.3, -0.25) is 9.59 Å². The second-order valence-electron chi connectivity index (χ2n) is 8.67. The average Bonchev–Trinajstić information content (AvgIpc) is 2.92. The molecule has 3 aromatic carbocycles. The number of carbonyl (C=O) groups is 2. The van der Waals surface area contributed by atoms with Crippen molar-refractivity contribution in [1.29, 1.82) is 5.26 Å². The van der Waals surface area contributed by atoms with E-state index in [4.69, 9.17) is 21.1 Å². The summed E-state index contributed by atoms with van der Waals surface area (Å²) in [5.41, 5.74) is 2.87. The Hall–Kier alpha value is -3.34. The fraction of sp³-hybridized carbons (Fsp3) is 0.300. The third-order valence-corrected chi connectivity index (χ3v) is 6.75. The number of benzene rings is 3. The summed E-state index contributed by atoms with van der Waals surface area (Å²) in [6.07, 6.45) is 1.44. The molecule has 0 heterocycles. The van der Waals surface area contributed by atoms with Gasteiger partial charge in [-0.05, 0) is 66.9 Å². The van der Waals surface area contributed by atoms with Crippen LogP contribution in [0.25, 0.3) is 0 Å². The molecule has 6 nitrogen and oxygen atoms in total. The Labute approximate surface area is 237 Å². The van der Waals surface area contributed by atoms with Crippen molar-refractivity contribution in [3.05, 3.63) is 98.5 Å². The van der Waals surface area contributed by atoms with Gasteiger partial charge < -0.3 is 14.8 Å². The number of halogens is 2. The number of hydrogen-bond acceptors (Lipinski definition) is 5. The summed E-state index contributed by atoms with van der Waals surface area (Å²) < 4.78 is 12.2. The molecule has 0 fully saturated rings. The number of carbonyl (C=O) groups excluding carboxylic acids is 2. The topological polar surface area (TPSA) is 88.4 Å². The molecule has 0 aliphatic carbocycles. The predicted molar refractivity (Wildman–Crippen MR) is 151 cm³/mol. The van der Waals surface area contributed by atoms with Gasteiger partial charge in [0.05, 0.1) is 18.6 Å². The molecule has 0 radical (unpaired) electrons. The minimum Gasteiger partial charge on any atom is -0.484 e. The van der Waals surface area contributed by atoms with Crippen LogP contribution in [0.5, 0.6) is 5.75 Å². The molecule has 0 aliphatic rings. The molecule has 198 valence electrons. The first-order valence-corrected chi connectivity index (χ1v) is 13.7. The van der Waals surface area contributed by atoms with E-state index in [0.717, 1.165) is 28.4 Å². The first-order chi connectivity index (χ1) is 18.4. The number of ether oxygens (including phenoxy) is 2. The van der Waals surface area contributed by atoms with Crippen LogP contribution in [0.4, 0.5) is 0 Å². The van der Waals surface area contributed by atoms with E-state index in [1.54, 1.807) is 31.2 Å². The minimum absolute atomic E-state index is 0.0581. The molecule has 1 N–H and O–H groups in total. The van der Waals surface area contributed by atoms with Crippen LogP contribution in [0.1, 0.15) is 72.2 Å². The maximum atomic E-state index is 12.6. The third-order valence-electron chi connectivity index (χ3n) is 6.00. The Morgan fingerprint density at radius 3 is 2.34 bits per heavy atom. The van der Waals surface area contributed by atoms with Crippen LogP contribution in [0.15, 0.2) is 71.2 Å². The fourth-order valence-corrected chi connectivity index (χ4v) is 4.65. The summed E-state index contributed by atoms with van der Waals surface area (Å²) in [6, 6.07) is 22.5. The van der Waals surface area contributed by atoms with Crippen molar-refractivity contribution in [2.75, 3.05) is 13.2 Å². The van der Waals surface area contributed by atoms with Gasteiger partial charge in [0.1, 0.15) is 17.9 Å². The summed E-state index contributed by atoms with van der Waals surface area (Å²) in [4.78, 5) is 24.1. The van der Waals surface area contributed by atoms with Crippen LogP contribution in [0.2, 0.25) is 5.02 Å². The Balaban J connectivity index is 1.88. The van der Waals surface area contributed by atoms with Crippen LogP contribution in [0, 0.1) is 11.3 Å². The van der Waals surface area contributed by atoms with Crippen LogP contribution < -0.4 is 10.1 Å². The van der Waals surface area contributed by atoms with Gasteiger partial charge in [0.2, 0.25) is 0 Å². The minimum atomic E-state index is -0.398. The maximum absolute atomic E-state index is 12.6. The van der Waals surface area contributed by atoms with E-state index in [9.17, 15) is 14.9 Å². The fourth-order valence-electron chi connectivity index (χ4n) is 4.16. The quantitative estimate of drug-likeness (QED) is 0.220. The van der Waals surface area contributed by atoms with Crippen LogP contribution in [-0.4, -0.2) is 25.0 Å². The summed E-state index contributed by atoms with van der Waals surface area (Å²) in [5.74, 6) is -0.164. The summed E-state index contributed by atoms with van der Waals surface area (Å²) in [6.45, 7) is 4.37. The molecule has 0 aliphatic heterocycles. The number of nitrogens with one attached hydrogen (secondary N) is 1. The largest absolute Gasteiger partial charge is 0.484 e. The summed E-state index contributed by atoms with van der Waals surface area (Å²) in [5, 5.41) is 13.1. The standard InChI is InChI=1S/C30H30BrClN2O4/c1-3-5-26(20-6-8-22(9-7-20)30(36)34-17-16-28(35)37-4-2)29(21-10-13-25(32)14-11-21)38-27-15-12-24(31)18-23(27)19-33/h6-15,18,26,29H,3-5,16-17H2,1-2H3,(H,34,36)/t26-,29+/m1/s1. The molecule has 3 rings (SSSR count). The number of esters is 1. The molecule has 8 heteroatoms. The van der Waals surface area contributed by atoms with Gasteiger partial charge in [-0.25, -0.2) is 0 Å². The molecular weight excluding hydrogens is 568 g/mol. The van der Waals surface area contributed by atoms with Crippen molar-refractivity contribution in [2.24, 2.45) is 0 Å². The second-order valence-corrected chi connectivity index (χ2v) is 10.0. The monoisotopic (exact) mass is 596 g/mol. The summed E-state index contributed by atoms with van der Waals surface area (Å²) >= 11 is 9.58. The van der Waals surface area contributed by atoms with E-state index in [2.05, 4.69) is 34.2 Å². The highest BCUT2D eigenvalue weighted by Crippen LogP contribution is 2.40. The van der Waals surface area contributed by atoms with Gasteiger partial charge in [-0.2, -0.15) is 5.26 Å². The second kappa shape index (κ2) is 14.6. The zero-order chi connectivity index (χ0) is 27.5. The first-order valence-electron chi connectivity index (χ1n) is 12.5. The van der Waals surface area contributed by atoms with Gasteiger partial charge in [0, 0.05) is 27.5 Å². The number of hydrogen-bond donors (Lipinski definition) is 1. The molecule has 0 unspecified atom stereocenters. The Kier molecular flexibility index (Phi) is 11.2. The molecule has 38 heavy (non-hydrogen) atoms. The Bertz CT molecular complexity index is 1270. The number of nitrogens with zero attached hydrogens (tertiary/aromatic N) is 1. The molecule has 1 amide bonds. The van der Waals surface area contributed by atoms with E-state index in [0.29, 0.717) is 28.5 Å². The lowest BCUT2D eigenvalue weighted by atomic mass is 9.85. The highest BCUT2D eigenvalue weighted by atomic mass is 79.9. The van der Waals surface area contributed by atoms with Gasteiger partial charge in [0.15, 0.2) is 0 Å².